The van der Waals surface area contributed by atoms with E-state index in [1.165, 1.54) is 11.5 Å². The molecule has 2 aromatic rings. The van der Waals surface area contributed by atoms with E-state index in [9.17, 15) is 9.59 Å². The van der Waals surface area contributed by atoms with Crippen LogP contribution >= 0.6 is 0 Å². The number of para-hydroxylation sites is 1. The van der Waals surface area contributed by atoms with E-state index in [1.807, 2.05) is 51.1 Å². The van der Waals surface area contributed by atoms with Crippen LogP contribution < -0.4 is 5.32 Å². The van der Waals surface area contributed by atoms with Crippen LogP contribution in [0.15, 0.2) is 36.0 Å². The lowest BCUT2D eigenvalue weighted by atomic mass is 10.00. The molecule has 1 aliphatic heterocycles. The van der Waals surface area contributed by atoms with Gasteiger partial charge in [0.2, 0.25) is 0 Å². The molecule has 1 aromatic heterocycles. The number of carbonyl (C=O) groups excluding carboxylic acids is 2. The third kappa shape index (κ3) is 4.57. The quantitative estimate of drug-likeness (QED) is 0.816. The maximum absolute atomic E-state index is 12.6. The largest absolute Gasteiger partial charge is 0.458 e. The molecule has 6 heteroatoms. The lowest BCUT2D eigenvalue weighted by molar-refractivity contribution is -0.145. The number of hydrogen-bond acceptors (Lipinski definition) is 5. The SMILES string of the molecule is CC(=O)OC1CCNC/C1=C\c1cn(C(=O)OC(C)(C)C)c2ccccc12. The van der Waals surface area contributed by atoms with Crippen molar-refractivity contribution in [1.29, 1.82) is 0 Å². The van der Waals surface area contributed by atoms with Crippen molar-refractivity contribution >= 4 is 29.0 Å². The summed E-state index contributed by atoms with van der Waals surface area (Å²) >= 11 is 0. The molecule has 1 saturated heterocycles. The topological polar surface area (TPSA) is 69.6 Å². The van der Waals surface area contributed by atoms with Crippen LogP contribution in [0.4, 0.5) is 4.79 Å². The Morgan fingerprint density at radius 1 is 1.26 bits per heavy atom. The van der Waals surface area contributed by atoms with E-state index >= 15 is 0 Å². The molecular formula is C21H26N2O4. The highest BCUT2D eigenvalue weighted by Crippen LogP contribution is 2.27. The zero-order valence-corrected chi connectivity index (χ0v) is 16.2. The number of hydrogen-bond donors (Lipinski definition) is 1. The van der Waals surface area contributed by atoms with Crippen molar-refractivity contribution in [1.82, 2.24) is 9.88 Å². The summed E-state index contributed by atoms with van der Waals surface area (Å²) in [6.45, 7) is 8.40. The van der Waals surface area contributed by atoms with Crippen molar-refractivity contribution in [2.75, 3.05) is 13.1 Å². The predicted octanol–water partition coefficient (Wildman–Crippen LogP) is 3.73. The standard InChI is InChI=1S/C21H26N2O4/c1-14(24)26-19-9-10-22-12-15(19)11-16-13-23(20(25)27-21(2,3)4)18-8-6-5-7-17(16)18/h5-8,11,13,19,22H,9-10,12H2,1-4H3/b15-11+. The number of rotatable bonds is 2. The Kier molecular flexibility index (Phi) is 5.37. The van der Waals surface area contributed by atoms with E-state index in [2.05, 4.69) is 5.32 Å². The highest BCUT2D eigenvalue weighted by Gasteiger charge is 2.23. The molecule has 3 rings (SSSR count). The fourth-order valence-electron chi connectivity index (χ4n) is 3.23. The van der Waals surface area contributed by atoms with Gasteiger partial charge in [-0.25, -0.2) is 4.79 Å². The number of carbonyl (C=O) groups is 2. The molecule has 0 aliphatic carbocycles. The maximum Gasteiger partial charge on any atom is 0.419 e. The minimum atomic E-state index is -0.575. The molecule has 6 nitrogen and oxygen atoms in total. The molecule has 1 aromatic carbocycles. The molecule has 1 unspecified atom stereocenters. The Labute approximate surface area is 159 Å². The van der Waals surface area contributed by atoms with Gasteiger partial charge in [-0.2, -0.15) is 0 Å². The number of aromatic nitrogens is 1. The lowest BCUT2D eigenvalue weighted by Crippen LogP contribution is -2.35. The molecule has 27 heavy (non-hydrogen) atoms. The fourth-order valence-corrected chi connectivity index (χ4v) is 3.23. The van der Waals surface area contributed by atoms with Crippen molar-refractivity contribution in [2.45, 2.75) is 45.8 Å². The molecule has 1 N–H and O–H groups in total. The minimum absolute atomic E-state index is 0.243. The Morgan fingerprint density at radius 3 is 2.70 bits per heavy atom. The highest BCUT2D eigenvalue weighted by molar-refractivity contribution is 5.96. The van der Waals surface area contributed by atoms with Crippen LogP contribution in [0, 0.1) is 0 Å². The summed E-state index contributed by atoms with van der Waals surface area (Å²) in [6.07, 6.45) is 3.86. The number of nitrogens with one attached hydrogen (secondary N) is 1. The minimum Gasteiger partial charge on any atom is -0.458 e. The molecular weight excluding hydrogens is 344 g/mol. The summed E-state index contributed by atoms with van der Waals surface area (Å²) in [4.78, 5) is 24.0. The van der Waals surface area contributed by atoms with Crippen LogP contribution in [-0.4, -0.2) is 41.4 Å². The molecule has 1 atom stereocenters. The van der Waals surface area contributed by atoms with E-state index in [1.54, 1.807) is 6.20 Å². The van der Waals surface area contributed by atoms with Gasteiger partial charge >= 0.3 is 12.1 Å². The van der Waals surface area contributed by atoms with Crippen molar-refractivity contribution in [3.8, 4) is 0 Å². The molecule has 0 saturated carbocycles. The first-order valence-corrected chi connectivity index (χ1v) is 9.16. The molecule has 0 radical (unpaired) electrons. The Balaban J connectivity index is 2.02. The predicted molar refractivity (Wildman–Crippen MR) is 105 cm³/mol. The average Bonchev–Trinajstić information content (AvgIpc) is 2.94. The number of nitrogens with zero attached hydrogens (tertiary/aromatic N) is 1. The fraction of sp³-hybridized carbons (Fsp3) is 0.429. The second-order valence-electron chi connectivity index (χ2n) is 7.73. The van der Waals surface area contributed by atoms with Crippen LogP contribution in [0.25, 0.3) is 17.0 Å². The lowest BCUT2D eigenvalue weighted by Gasteiger charge is -2.25. The number of benzene rings is 1. The summed E-state index contributed by atoms with van der Waals surface area (Å²) in [6, 6.07) is 7.69. The number of piperidine rings is 1. The van der Waals surface area contributed by atoms with E-state index in [-0.39, 0.29) is 12.1 Å². The third-order valence-corrected chi connectivity index (χ3v) is 4.31. The molecule has 0 spiro atoms. The van der Waals surface area contributed by atoms with Gasteiger partial charge in [-0.05, 0) is 45.0 Å². The van der Waals surface area contributed by atoms with Gasteiger partial charge in [0.25, 0.3) is 0 Å². The second-order valence-corrected chi connectivity index (χ2v) is 7.73. The van der Waals surface area contributed by atoms with Crippen LogP contribution in [0.3, 0.4) is 0 Å². The summed E-state index contributed by atoms with van der Waals surface area (Å²) in [5, 5.41) is 4.26. The van der Waals surface area contributed by atoms with Crippen LogP contribution in [0.1, 0.15) is 39.7 Å². The first kappa shape index (κ1) is 19.2. The number of ether oxygens (including phenoxy) is 2. The monoisotopic (exact) mass is 370 g/mol. The van der Waals surface area contributed by atoms with Gasteiger partial charge in [0.05, 0.1) is 5.52 Å². The Bertz CT molecular complexity index is 889. The van der Waals surface area contributed by atoms with E-state index in [4.69, 9.17) is 9.47 Å². The van der Waals surface area contributed by atoms with Gasteiger partial charge in [-0.15, -0.1) is 0 Å². The van der Waals surface area contributed by atoms with E-state index < -0.39 is 11.7 Å². The zero-order chi connectivity index (χ0) is 19.6. The Morgan fingerprint density at radius 2 is 2.00 bits per heavy atom. The number of esters is 1. The van der Waals surface area contributed by atoms with Crippen LogP contribution in [0.2, 0.25) is 0 Å². The third-order valence-electron chi connectivity index (χ3n) is 4.31. The maximum atomic E-state index is 12.6. The Hall–Kier alpha value is -2.60. The van der Waals surface area contributed by atoms with Crippen molar-refractivity contribution in [2.24, 2.45) is 0 Å². The van der Waals surface area contributed by atoms with E-state index in [0.29, 0.717) is 6.54 Å². The van der Waals surface area contributed by atoms with Gasteiger partial charge in [0, 0.05) is 37.0 Å². The number of fused-ring (bicyclic) bond motifs is 1. The summed E-state index contributed by atoms with van der Waals surface area (Å²) < 4.78 is 12.5. The van der Waals surface area contributed by atoms with Gasteiger partial charge in [0.15, 0.2) is 0 Å². The highest BCUT2D eigenvalue weighted by atomic mass is 16.6. The second kappa shape index (κ2) is 7.56. The van der Waals surface area contributed by atoms with Gasteiger partial charge in [-0.1, -0.05) is 18.2 Å². The summed E-state index contributed by atoms with van der Waals surface area (Å²) in [5.41, 5.74) is 2.09. The van der Waals surface area contributed by atoms with E-state index in [0.717, 1.165) is 35.0 Å². The van der Waals surface area contributed by atoms with Gasteiger partial charge < -0.3 is 14.8 Å². The molecule has 0 amide bonds. The van der Waals surface area contributed by atoms with Crippen molar-refractivity contribution in [3.63, 3.8) is 0 Å². The molecule has 144 valence electrons. The molecule has 0 bridgehead atoms. The first-order chi connectivity index (χ1) is 12.7. The summed E-state index contributed by atoms with van der Waals surface area (Å²) in [7, 11) is 0. The smallest absolute Gasteiger partial charge is 0.419 e. The first-order valence-electron chi connectivity index (χ1n) is 9.16. The van der Waals surface area contributed by atoms with Crippen molar-refractivity contribution < 1.29 is 19.1 Å². The normalized spacial score (nSPS) is 19.3. The summed E-state index contributed by atoms with van der Waals surface area (Å²) in [5.74, 6) is -0.288. The van der Waals surface area contributed by atoms with Crippen LogP contribution in [0.5, 0.6) is 0 Å². The van der Waals surface area contributed by atoms with Crippen LogP contribution in [-0.2, 0) is 14.3 Å². The molecule has 1 aliphatic rings. The van der Waals surface area contributed by atoms with Crippen molar-refractivity contribution in [3.05, 3.63) is 41.6 Å². The van der Waals surface area contributed by atoms with Gasteiger partial charge in [-0.3, -0.25) is 9.36 Å². The zero-order valence-electron chi connectivity index (χ0n) is 16.2. The molecule has 2 heterocycles. The van der Waals surface area contributed by atoms with Gasteiger partial charge in [0.1, 0.15) is 11.7 Å². The average molecular weight is 370 g/mol. The molecule has 1 fully saturated rings.